The Kier molecular flexibility index (Phi) is 7.11. The first-order valence-corrected chi connectivity index (χ1v) is 7.92. The molecule has 2 rings (SSSR count). The molecular formula is C19H23NO4. The minimum absolute atomic E-state index is 0.147. The molecule has 5 nitrogen and oxygen atoms in total. The van der Waals surface area contributed by atoms with E-state index >= 15 is 0 Å². The molecule has 0 unspecified atom stereocenters. The van der Waals surface area contributed by atoms with Gasteiger partial charge in [0, 0.05) is 25.8 Å². The summed E-state index contributed by atoms with van der Waals surface area (Å²) in [5.41, 5.74) is 3.15. The summed E-state index contributed by atoms with van der Waals surface area (Å²) in [6, 6.07) is 15.8. The number of carboxylic acids is 1. The van der Waals surface area contributed by atoms with Crippen molar-refractivity contribution < 1.29 is 19.4 Å². The van der Waals surface area contributed by atoms with Gasteiger partial charge >= 0.3 is 5.97 Å². The van der Waals surface area contributed by atoms with E-state index in [1.54, 1.807) is 7.11 Å². The predicted molar refractivity (Wildman–Crippen MR) is 93.5 cm³/mol. The van der Waals surface area contributed by atoms with E-state index in [1.807, 2.05) is 48.5 Å². The zero-order valence-corrected chi connectivity index (χ0v) is 13.8. The van der Waals surface area contributed by atoms with Gasteiger partial charge in [-0.25, -0.2) is 0 Å². The van der Waals surface area contributed by atoms with Crippen LogP contribution in [0.3, 0.4) is 0 Å². The summed E-state index contributed by atoms with van der Waals surface area (Å²) in [6.07, 6.45) is 0.687. The van der Waals surface area contributed by atoms with E-state index in [9.17, 15) is 4.79 Å². The molecule has 0 aliphatic carbocycles. The largest absolute Gasteiger partial charge is 0.491 e. The second-order valence-corrected chi connectivity index (χ2v) is 5.43. The second kappa shape index (κ2) is 9.57. The van der Waals surface area contributed by atoms with Crippen LogP contribution >= 0.6 is 0 Å². The van der Waals surface area contributed by atoms with Crippen molar-refractivity contribution in [2.45, 2.75) is 19.4 Å². The van der Waals surface area contributed by atoms with Crippen molar-refractivity contribution in [1.29, 1.82) is 0 Å². The van der Waals surface area contributed by atoms with Gasteiger partial charge in [-0.1, -0.05) is 24.3 Å². The lowest BCUT2D eigenvalue weighted by Gasteiger charge is -2.10. The highest BCUT2D eigenvalue weighted by Gasteiger charge is 2.01. The molecule has 24 heavy (non-hydrogen) atoms. The first kappa shape index (κ1) is 17.8. The molecule has 2 aromatic rings. The van der Waals surface area contributed by atoms with E-state index < -0.39 is 5.97 Å². The molecule has 0 heterocycles. The fourth-order valence-corrected chi connectivity index (χ4v) is 2.24. The highest BCUT2D eigenvalue weighted by molar-refractivity contribution is 5.67. The van der Waals surface area contributed by atoms with Gasteiger partial charge in [0.05, 0.1) is 6.61 Å². The topological polar surface area (TPSA) is 67.8 Å². The van der Waals surface area contributed by atoms with Gasteiger partial charge in [0.2, 0.25) is 0 Å². The lowest BCUT2D eigenvalue weighted by atomic mass is 10.1. The SMILES string of the molecule is COCCOc1ccc(CNc2cccc(CCC(=O)O)c2)cc1. The van der Waals surface area contributed by atoms with Crippen LogP contribution < -0.4 is 10.1 Å². The number of aryl methyl sites for hydroxylation is 1. The third-order valence-corrected chi connectivity index (χ3v) is 3.53. The maximum Gasteiger partial charge on any atom is 0.303 e. The van der Waals surface area contributed by atoms with Crippen molar-refractivity contribution in [2.24, 2.45) is 0 Å². The Morgan fingerprint density at radius 3 is 2.58 bits per heavy atom. The van der Waals surface area contributed by atoms with Crippen LogP contribution in [-0.2, 0) is 22.5 Å². The molecule has 128 valence electrons. The first-order chi connectivity index (χ1) is 11.7. The number of carboxylic acid groups (broad SMARTS) is 1. The summed E-state index contributed by atoms with van der Waals surface area (Å²) in [5, 5.41) is 12.1. The fraction of sp³-hybridized carbons (Fsp3) is 0.316. The smallest absolute Gasteiger partial charge is 0.303 e. The number of nitrogens with one attached hydrogen (secondary N) is 1. The van der Waals surface area contributed by atoms with Crippen LogP contribution in [0.15, 0.2) is 48.5 Å². The Balaban J connectivity index is 1.84. The molecule has 0 bridgehead atoms. The molecule has 0 atom stereocenters. The molecule has 0 radical (unpaired) electrons. The van der Waals surface area contributed by atoms with Crippen molar-refractivity contribution in [2.75, 3.05) is 25.6 Å². The van der Waals surface area contributed by atoms with E-state index in [0.717, 1.165) is 22.6 Å². The number of anilines is 1. The van der Waals surface area contributed by atoms with E-state index in [4.69, 9.17) is 14.6 Å². The van der Waals surface area contributed by atoms with Crippen molar-refractivity contribution in [3.63, 3.8) is 0 Å². The summed E-state index contributed by atoms with van der Waals surface area (Å²) in [4.78, 5) is 10.6. The number of benzene rings is 2. The van der Waals surface area contributed by atoms with Gasteiger partial charge in [0.25, 0.3) is 0 Å². The number of carbonyl (C=O) groups is 1. The molecule has 2 aromatic carbocycles. The lowest BCUT2D eigenvalue weighted by molar-refractivity contribution is -0.136. The maximum atomic E-state index is 10.6. The molecule has 0 saturated carbocycles. The zero-order valence-electron chi connectivity index (χ0n) is 13.8. The molecule has 0 aliphatic heterocycles. The molecule has 0 amide bonds. The van der Waals surface area contributed by atoms with Gasteiger partial charge in [-0.05, 0) is 41.8 Å². The maximum absolute atomic E-state index is 10.6. The molecular weight excluding hydrogens is 306 g/mol. The molecule has 0 spiro atoms. The third kappa shape index (κ3) is 6.30. The summed E-state index contributed by atoms with van der Waals surface area (Å²) >= 11 is 0. The Morgan fingerprint density at radius 1 is 1.08 bits per heavy atom. The minimum atomic E-state index is -0.777. The highest BCUT2D eigenvalue weighted by Crippen LogP contribution is 2.16. The summed E-state index contributed by atoms with van der Waals surface area (Å²) in [7, 11) is 1.65. The van der Waals surface area contributed by atoms with Gasteiger partial charge in [-0.2, -0.15) is 0 Å². The van der Waals surface area contributed by atoms with Crippen LogP contribution in [0.1, 0.15) is 17.5 Å². The van der Waals surface area contributed by atoms with Crippen LogP contribution in [0.4, 0.5) is 5.69 Å². The number of methoxy groups -OCH3 is 1. The molecule has 0 aromatic heterocycles. The summed E-state index contributed by atoms with van der Waals surface area (Å²) < 4.78 is 10.5. The van der Waals surface area contributed by atoms with Crippen molar-refractivity contribution in [3.8, 4) is 5.75 Å². The number of aliphatic carboxylic acids is 1. The van der Waals surface area contributed by atoms with Crippen LogP contribution in [-0.4, -0.2) is 31.4 Å². The molecule has 5 heteroatoms. The number of hydrogen-bond donors (Lipinski definition) is 2. The van der Waals surface area contributed by atoms with Gasteiger partial charge in [-0.3, -0.25) is 4.79 Å². The van der Waals surface area contributed by atoms with Crippen molar-refractivity contribution >= 4 is 11.7 Å². The van der Waals surface area contributed by atoms with Gasteiger partial charge in [0.1, 0.15) is 12.4 Å². The quantitative estimate of drug-likeness (QED) is 0.654. The third-order valence-electron chi connectivity index (χ3n) is 3.53. The normalized spacial score (nSPS) is 10.4. The van der Waals surface area contributed by atoms with E-state index in [1.165, 1.54) is 0 Å². The van der Waals surface area contributed by atoms with Crippen molar-refractivity contribution in [1.82, 2.24) is 0 Å². The highest BCUT2D eigenvalue weighted by atomic mass is 16.5. The number of hydrogen-bond acceptors (Lipinski definition) is 4. The molecule has 2 N–H and O–H groups in total. The Morgan fingerprint density at radius 2 is 1.88 bits per heavy atom. The van der Waals surface area contributed by atoms with Gasteiger partial charge in [0.15, 0.2) is 0 Å². The van der Waals surface area contributed by atoms with Crippen molar-refractivity contribution in [3.05, 3.63) is 59.7 Å². The minimum Gasteiger partial charge on any atom is -0.491 e. The average molecular weight is 329 g/mol. The lowest BCUT2D eigenvalue weighted by Crippen LogP contribution is -2.04. The number of ether oxygens (including phenoxy) is 2. The van der Waals surface area contributed by atoms with Crippen LogP contribution in [0.2, 0.25) is 0 Å². The zero-order chi connectivity index (χ0) is 17.2. The monoisotopic (exact) mass is 329 g/mol. The van der Waals surface area contributed by atoms with Crippen LogP contribution in [0.5, 0.6) is 5.75 Å². The second-order valence-electron chi connectivity index (χ2n) is 5.43. The Labute approximate surface area is 142 Å². The standard InChI is InChI=1S/C19H23NO4/c1-23-11-12-24-18-8-5-16(6-9-18)14-20-17-4-2-3-15(13-17)7-10-19(21)22/h2-6,8-9,13,20H,7,10-12,14H2,1H3,(H,21,22). The first-order valence-electron chi connectivity index (χ1n) is 7.92. The average Bonchev–Trinajstić information content (AvgIpc) is 2.60. The molecule has 0 aliphatic rings. The fourth-order valence-electron chi connectivity index (χ4n) is 2.24. The van der Waals surface area contributed by atoms with Crippen LogP contribution in [0.25, 0.3) is 0 Å². The summed E-state index contributed by atoms with van der Waals surface area (Å²) in [6.45, 7) is 1.81. The summed E-state index contributed by atoms with van der Waals surface area (Å²) in [5.74, 6) is 0.0487. The van der Waals surface area contributed by atoms with E-state index in [0.29, 0.717) is 26.2 Å². The molecule has 0 fully saturated rings. The Bertz CT molecular complexity index is 640. The predicted octanol–water partition coefficient (Wildman–Crippen LogP) is 3.34. The van der Waals surface area contributed by atoms with Gasteiger partial charge in [-0.15, -0.1) is 0 Å². The van der Waals surface area contributed by atoms with E-state index in [2.05, 4.69) is 5.32 Å². The Hall–Kier alpha value is -2.53. The molecule has 0 saturated heterocycles. The van der Waals surface area contributed by atoms with E-state index in [-0.39, 0.29) is 6.42 Å². The van der Waals surface area contributed by atoms with Crippen LogP contribution in [0, 0.1) is 0 Å². The number of rotatable bonds is 10. The van der Waals surface area contributed by atoms with Gasteiger partial charge < -0.3 is 19.9 Å².